The Hall–Kier alpha value is -3.48. The van der Waals surface area contributed by atoms with E-state index in [1.165, 1.54) is 36.8 Å². The lowest BCUT2D eigenvalue weighted by molar-refractivity contribution is -0.136. The number of carbonyl (C=O) groups is 3. The van der Waals surface area contributed by atoms with Crippen molar-refractivity contribution in [3.63, 3.8) is 0 Å². The molecule has 0 aliphatic heterocycles. The van der Waals surface area contributed by atoms with Gasteiger partial charge in [-0.3, -0.25) is 9.59 Å². The third kappa shape index (κ3) is 7.24. The Balaban J connectivity index is 1.44. The molecule has 9 nitrogen and oxygen atoms in total. The van der Waals surface area contributed by atoms with Gasteiger partial charge in [0.2, 0.25) is 0 Å². The van der Waals surface area contributed by atoms with Gasteiger partial charge in [-0.2, -0.15) is 5.10 Å². The van der Waals surface area contributed by atoms with Crippen molar-refractivity contribution in [1.82, 2.24) is 5.43 Å². The van der Waals surface area contributed by atoms with Crippen LogP contribution in [0.3, 0.4) is 0 Å². The fourth-order valence-corrected chi connectivity index (χ4v) is 6.29. The third-order valence-electron chi connectivity index (χ3n) is 6.13. The molecule has 0 bridgehead atoms. The van der Waals surface area contributed by atoms with E-state index in [-0.39, 0.29) is 22.2 Å². The predicted octanol–water partition coefficient (Wildman–Crippen LogP) is 6.04. The van der Waals surface area contributed by atoms with Crippen molar-refractivity contribution in [2.75, 3.05) is 19.0 Å². The summed E-state index contributed by atoms with van der Waals surface area (Å²) in [6.07, 6.45) is 4.76. The number of anilines is 1. The maximum Gasteiger partial charge on any atom is 0.341 e. The summed E-state index contributed by atoms with van der Waals surface area (Å²) in [6.45, 7) is 1.98. The van der Waals surface area contributed by atoms with Gasteiger partial charge in [-0.25, -0.2) is 14.6 Å². The van der Waals surface area contributed by atoms with Gasteiger partial charge in [-0.1, -0.05) is 17.7 Å². The van der Waals surface area contributed by atoms with Crippen LogP contribution in [0.5, 0.6) is 11.5 Å². The SMILES string of the molecule is CCOc1cc(/C=N/NC(=O)C(=O)Nc2sc3c(c2C(=O)OC)CCCC3)cc(Br)c1OCc1c(F)cccc1Cl. The van der Waals surface area contributed by atoms with Crippen molar-refractivity contribution in [3.8, 4) is 11.5 Å². The number of halogens is 3. The number of aryl methyl sites for hydroxylation is 1. The topological polar surface area (TPSA) is 115 Å². The highest BCUT2D eigenvalue weighted by Gasteiger charge is 2.28. The second-order valence-electron chi connectivity index (χ2n) is 8.81. The summed E-state index contributed by atoms with van der Waals surface area (Å²) < 4.78 is 31.1. The molecule has 0 saturated carbocycles. The number of hydrazone groups is 1. The quantitative estimate of drug-likeness (QED) is 0.125. The molecule has 0 spiro atoms. The molecule has 2 amide bonds. The lowest BCUT2D eigenvalue weighted by atomic mass is 9.95. The molecule has 4 rings (SSSR count). The maximum atomic E-state index is 14.2. The van der Waals surface area contributed by atoms with E-state index in [1.54, 1.807) is 25.1 Å². The number of nitrogens with one attached hydrogen (secondary N) is 2. The van der Waals surface area contributed by atoms with E-state index in [2.05, 4.69) is 31.8 Å². The zero-order valence-electron chi connectivity index (χ0n) is 22.1. The minimum absolute atomic E-state index is 0.131. The predicted molar refractivity (Wildman–Crippen MR) is 158 cm³/mol. The van der Waals surface area contributed by atoms with Crippen LogP contribution in [0.4, 0.5) is 9.39 Å². The lowest BCUT2D eigenvalue weighted by Crippen LogP contribution is -2.32. The molecule has 0 unspecified atom stereocenters. The minimum atomic E-state index is -1.02. The summed E-state index contributed by atoms with van der Waals surface area (Å²) in [7, 11) is 1.27. The van der Waals surface area contributed by atoms with E-state index in [4.69, 9.17) is 25.8 Å². The van der Waals surface area contributed by atoms with E-state index < -0.39 is 23.6 Å². The molecule has 13 heteroatoms. The standard InChI is InChI=1S/C28H26BrClFN3O6S/c1-3-39-21-12-15(11-18(29)24(21)40-14-17-19(30)8-6-9-20(17)31)13-32-34-26(36)25(35)33-27-23(28(37)38-2)16-7-4-5-10-22(16)41-27/h6,8-9,11-13H,3-5,7,10,14H2,1-2H3,(H,33,35)(H,34,36)/b32-13+. The first-order chi connectivity index (χ1) is 19.7. The molecule has 1 aromatic heterocycles. The van der Waals surface area contributed by atoms with Crippen LogP contribution in [0.2, 0.25) is 5.02 Å². The summed E-state index contributed by atoms with van der Waals surface area (Å²) in [5, 5.41) is 6.92. The molecule has 2 N–H and O–H groups in total. The second kappa shape index (κ2) is 13.9. The Kier molecular flexibility index (Phi) is 10.4. The molecule has 0 radical (unpaired) electrons. The molecular weight excluding hydrogens is 641 g/mol. The van der Waals surface area contributed by atoms with Gasteiger partial charge >= 0.3 is 17.8 Å². The van der Waals surface area contributed by atoms with Crippen molar-refractivity contribution in [3.05, 3.63) is 72.8 Å². The smallest absolute Gasteiger partial charge is 0.341 e. The van der Waals surface area contributed by atoms with Crippen molar-refractivity contribution < 1.29 is 33.0 Å². The van der Waals surface area contributed by atoms with Crippen LogP contribution < -0.4 is 20.2 Å². The van der Waals surface area contributed by atoms with Gasteiger partial charge in [0.05, 0.1) is 35.0 Å². The number of esters is 1. The molecule has 1 aliphatic carbocycles. The normalized spacial score (nSPS) is 12.5. The zero-order valence-corrected chi connectivity index (χ0v) is 25.3. The van der Waals surface area contributed by atoms with Crippen LogP contribution in [0.1, 0.15) is 51.7 Å². The van der Waals surface area contributed by atoms with Gasteiger partial charge in [-0.05, 0) is 83.9 Å². The summed E-state index contributed by atoms with van der Waals surface area (Å²) in [6, 6.07) is 7.63. The van der Waals surface area contributed by atoms with E-state index in [9.17, 15) is 18.8 Å². The van der Waals surface area contributed by atoms with Crippen molar-refractivity contribution in [1.29, 1.82) is 0 Å². The average Bonchev–Trinajstić information content (AvgIpc) is 3.31. The van der Waals surface area contributed by atoms with E-state index in [0.717, 1.165) is 29.7 Å². The fraction of sp³-hybridized carbons (Fsp3) is 0.286. The van der Waals surface area contributed by atoms with Gasteiger partial charge < -0.3 is 19.5 Å². The van der Waals surface area contributed by atoms with Gasteiger partial charge in [0.1, 0.15) is 17.4 Å². The molecule has 3 aromatic rings. The minimum Gasteiger partial charge on any atom is -0.490 e. The number of methoxy groups -OCH3 is 1. The largest absolute Gasteiger partial charge is 0.490 e. The first-order valence-corrected chi connectivity index (χ1v) is 14.6. The number of carbonyl (C=O) groups excluding carboxylic acids is 3. The van der Waals surface area contributed by atoms with Crippen LogP contribution in [-0.4, -0.2) is 37.7 Å². The van der Waals surface area contributed by atoms with E-state index in [1.807, 2.05) is 0 Å². The van der Waals surface area contributed by atoms with Crippen LogP contribution in [-0.2, 0) is 33.8 Å². The Morgan fingerprint density at radius 2 is 1.95 bits per heavy atom. The number of fused-ring (bicyclic) bond motifs is 1. The molecule has 1 heterocycles. The Morgan fingerprint density at radius 3 is 2.68 bits per heavy atom. The maximum absolute atomic E-state index is 14.2. The van der Waals surface area contributed by atoms with Crippen molar-refractivity contribution in [2.45, 2.75) is 39.2 Å². The molecule has 41 heavy (non-hydrogen) atoms. The number of ether oxygens (including phenoxy) is 3. The molecule has 0 fully saturated rings. The van der Waals surface area contributed by atoms with Crippen molar-refractivity contribution >= 4 is 67.9 Å². The zero-order chi connectivity index (χ0) is 29.5. The summed E-state index contributed by atoms with van der Waals surface area (Å²) in [5.41, 5.74) is 4.06. The number of hydrogen-bond acceptors (Lipinski definition) is 8. The average molecular weight is 667 g/mol. The lowest BCUT2D eigenvalue weighted by Gasteiger charge is -2.15. The second-order valence-corrected chi connectivity index (χ2v) is 11.2. The van der Waals surface area contributed by atoms with Gasteiger partial charge in [0.15, 0.2) is 11.5 Å². The number of thiophene rings is 1. The fourth-order valence-electron chi connectivity index (χ4n) is 4.23. The Bertz CT molecular complexity index is 1490. The summed E-state index contributed by atoms with van der Waals surface area (Å²) in [4.78, 5) is 38.4. The van der Waals surface area contributed by atoms with Crippen LogP contribution in [0.25, 0.3) is 0 Å². The van der Waals surface area contributed by atoms with Gasteiger partial charge in [0, 0.05) is 10.4 Å². The van der Waals surface area contributed by atoms with Crippen LogP contribution >= 0.6 is 38.9 Å². The first-order valence-electron chi connectivity index (χ1n) is 12.6. The summed E-state index contributed by atoms with van der Waals surface area (Å²) in [5.74, 6) is -2.37. The summed E-state index contributed by atoms with van der Waals surface area (Å²) >= 11 is 10.8. The molecule has 0 atom stereocenters. The molecular formula is C28H26BrClFN3O6S. The molecule has 1 aliphatic rings. The van der Waals surface area contributed by atoms with Gasteiger partial charge in [0.25, 0.3) is 0 Å². The number of amides is 2. The van der Waals surface area contributed by atoms with Crippen LogP contribution in [0, 0.1) is 5.82 Å². The highest BCUT2D eigenvalue weighted by molar-refractivity contribution is 9.10. The number of rotatable bonds is 9. The van der Waals surface area contributed by atoms with E-state index in [0.29, 0.717) is 40.1 Å². The molecule has 2 aromatic carbocycles. The first kappa shape index (κ1) is 30.5. The molecule has 0 saturated heterocycles. The van der Waals surface area contributed by atoms with Gasteiger partial charge in [-0.15, -0.1) is 11.3 Å². The number of benzene rings is 2. The Labute approximate surface area is 253 Å². The highest BCUT2D eigenvalue weighted by Crippen LogP contribution is 2.39. The highest BCUT2D eigenvalue weighted by atomic mass is 79.9. The number of hydrogen-bond donors (Lipinski definition) is 2. The number of nitrogens with zero attached hydrogens (tertiary/aromatic N) is 1. The third-order valence-corrected chi connectivity index (χ3v) is 8.28. The monoisotopic (exact) mass is 665 g/mol. The molecule has 216 valence electrons. The van der Waals surface area contributed by atoms with Crippen molar-refractivity contribution in [2.24, 2.45) is 5.10 Å². The Morgan fingerprint density at radius 1 is 1.17 bits per heavy atom. The van der Waals surface area contributed by atoms with Crippen LogP contribution in [0.15, 0.2) is 39.9 Å². The van der Waals surface area contributed by atoms with E-state index >= 15 is 0 Å².